The smallest absolute Gasteiger partial charge is 0.0818 e. The van der Waals surface area contributed by atoms with E-state index in [0.717, 1.165) is 0 Å². The van der Waals surface area contributed by atoms with E-state index in [9.17, 15) is 0 Å². The van der Waals surface area contributed by atoms with E-state index in [-0.39, 0.29) is 0 Å². The lowest BCUT2D eigenvalue weighted by molar-refractivity contribution is 1.54. The van der Waals surface area contributed by atoms with Gasteiger partial charge in [0, 0.05) is 0 Å². The highest BCUT2D eigenvalue weighted by molar-refractivity contribution is 6.97. The molecule has 0 fully saturated rings. The molecule has 0 amide bonds. The van der Waals surface area contributed by atoms with E-state index < -0.39 is 24.2 Å². The van der Waals surface area contributed by atoms with Gasteiger partial charge in [-0.3, -0.25) is 0 Å². The predicted octanol–water partition coefficient (Wildman–Crippen LogP) is 15.9. The van der Waals surface area contributed by atoms with Gasteiger partial charge in [0.1, 0.15) is 24.2 Å². The largest absolute Gasteiger partial charge is 0.113 e. The molecule has 6 aromatic rings. The van der Waals surface area contributed by atoms with E-state index in [1.807, 2.05) is 0 Å². The molecule has 3 heteroatoms. The molecule has 0 atom stereocenters. The van der Waals surface area contributed by atoms with Gasteiger partial charge in [0.15, 0.2) is 0 Å². The van der Waals surface area contributed by atoms with Crippen LogP contribution in [0.2, 0.25) is 39.3 Å². The molecule has 3 aliphatic rings. The van der Waals surface area contributed by atoms with E-state index >= 15 is 0 Å². The summed E-state index contributed by atoms with van der Waals surface area (Å²) in [6, 6.07) is 66.7. The Labute approximate surface area is 373 Å². The Morgan fingerprint density at radius 1 is 0.290 bits per heavy atom. The van der Waals surface area contributed by atoms with Gasteiger partial charge in [-0.25, -0.2) is 0 Å². The van der Waals surface area contributed by atoms with Gasteiger partial charge in [0.25, 0.3) is 0 Å². The highest BCUT2D eigenvalue weighted by atomic mass is 28.3. The van der Waals surface area contributed by atoms with Crippen molar-refractivity contribution in [1.29, 1.82) is 0 Å². The molecule has 0 aliphatic carbocycles. The average Bonchev–Trinajstić information content (AvgIpc) is 3.79. The van der Waals surface area contributed by atoms with Crippen LogP contribution in [-0.4, -0.2) is 24.2 Å². The molecule has 62 heavy (non-hydrogen) atoms. The summed E-state index contributed by atoms with van der Waals surface area (Å²) in [5, 5.41) is 7.51. The summed E-state index contributed by atoms with van der Waals surface area (Å²) >= 11 is 0. The molecule has 0 bridgehead atoms. The highest BCUT2D eigenvalue weighted by Gasteiger charge is 2.43. The van der Waals surface area contributed by atoms with Crippen molar-refractivity contribution in [3.63, 3.8) is 0 Å². The zero-order chi connectivity index (χ0) is 43.1. The molecule has 0 saturated heterocycles. The van der Waals surface area contributed by atoms with Crippen molar-refractivity contribution in [3.05, 3.63) is 271 Å². The van der Waals surface area contributed by atoms with Gasteiger partial charge in [-0.1, -0.05) is 256 Å². The molecule has 3 heterocycles. The first-order chi connectivity index (χ1) is 30.0. The fraction of sp³-hybridized carbons (Fsp3) is 0.119. The third kappa shape index (κ3) is 7.38. The maximum Gasteiger partial charge on any atom is 0.113 e. The second-order valence-corrected chi connectivity index (χ2v) is 31.7. The molecule has 304 valence electrons. The number of hydrogen-bond acceptors (Lipinski definition) is 0. The maximum atomic E-state index is 2.63. The first kappa shape index (κ1) is 41.3. The minimum atomic E-state index is -2.37. The van der Waals surface area contributed by atoms with E-state index in [0.29, 0.717) is 0 Å². The molecule has 0 N–H and O–H groups in total. The maximum absolute atomic E-state index is 2.63. The summed E-state index contributed by atoms with van der Waals surface area (Å²) in [5.74, 6) is 0. The van der Waals surface area contributed by atoms with Gasteiger partial charge < -0.3 is 0 Å². The van der Waals surface area contributed by atoms with Crippen LogP contribution in [0.4, 0.5) is 0 Å². The quantitative estimate of drug-likeness (QED) is 0.121. The Hall–Kier alpha value is -6.11. The molecular weight excluding hydrogens is 793 g/mol. The summed E-state index contributed by atoms with van der Waals surface area (Å²) in [7, 11) is -6.46. The van der Waals surface area contributed by atoms with Crippen LogP contribution in [0.3, 0.4) is 0 Å². The van der Waals surface area contributed by atoms with Crippen molar-refractivity contribution in [2.75, 3.05) is 0 Å². The standard InChI is InChI=1S/C59H56Si3/c1-43-55(45-28-16-9-17-29-45)57(47-32-20-11-21-33-47)52(61(43,4)5)40-41-54-59(49-36-24-13-25-37-49)58(48-34-22-12-23-35-48)53(62(54,6)7)39-38-51-56(46-30-18-10-19-31-46)50(42-60(51,2)3)44-26-14-8-15-27-44/h8-42H,1-7H3. The third-order valence-electron chi connectivity index (χ3n) is 13.6. The van der Waals surface area contributed by atoms with Crippen LogP contribution in [-0.2, 0) is 0 Å². The van der Waals surface area contributed by atoms with E-state index in [1.165, 1.54) is 87.6 Å². The van der Waals surface area contributed by atoms with Gasteiger partial charge in [-0.15, -0.1) is 0 Å². The van der Waals surface area contributed by atoms with Crippen molar-refractivity contribution >= 4 is 57.7 Å². The van der Waals surface area contributed by atoms with Crippen molar-refractivity contribution in [1.82, 2.24) is 0 Å². The van der Waals surface area contributed by atoms with Gasteiger partial charge in [0.05, 0.1) is 0 Å². The normalized spacial score (nSPS) is 18.3. The summed E-state index contributed by atoms with van der Waals surface area (Å²) in [6.07, 6.45) is 10.3. The van der Waals surface area contributed by atoms with Crippen LogP contribution < -0.4 is 0 Å². The third-order valence-corrected chi connectivity index (χ3v) is 23.8. The van der Waals surface area contributed by atoms with Crippen LogP contribution in [0.5, 0.6) is 0 Å². The molecule has 0 unspecified atom stereocenters. The van der Waals surface area contributed by atoms with Crippen LogP contribution in [0, 0.1) is 0 Å². The molecule has 6 aromatic carbocycles. The van der Waals surface area contributed by atoms with Crippen molar-refractivity contribution < 1.29 is 0 Å². The topological polar surface area (TPSA) is 0 Å². The Kier molecular flexibility index (Phi) is 11.1. The fourth-order valence-electron chi connectivity index (χ4n) is 10.1. The Morgan fingerprint density at radius 2 is 0.565 bits per heavy atom. The molecule has 0 saturated carbocycles. The minimum absolute atomic E-state index is 1.28. The van der Waals surface area contributed by atoms with Crippen molar-refractivity contribution in [2.45, 2.75) is 46.2 Å². The molecule has 0 aromatic heterocycles. The van der Waals surface area contributed by atoms with Gasteiger partial charge >= 0.3 is 0 Å². The molecule has 0 radical (unpaired) electrons. The minimum Gasteiger partial charge on any atom is -0.0818 e. The number of rotatable bonds is 10. The molecule has 0 spiro atoms. The second-order valence-electron chi connectivity index (χ2n) is 18.5. The van der Waals surface area contributed by atoms with Crippen LogP contribution >= 0.6 is 0 Å². The summed E-state index contributed by atoms with van der Waals surface area (Å²) in [4.78, 5) is 0. The average molecular weight is 849 g/mol. The van der Waals surface area contributed by atoms with Crippen LogP contribution in [0.1, 0.15) is 40.3 Å². The fourth-order valence-corrected chi connectivity index (χ4v) is 18.5. The summed E-state index contributed by atoms with van der Waals surface area (Å²) < 4.78 is 0. The van der Waals surface area contributed by atoms with Crippen LogP contribution in [0.15, 0.2) is 238 Å². The molecule has 9 rings (SSSR count). The lowest BCUT2D eigenvalue weighted by Crippen LogP contribution is -2.30. The Bertz CT molecular complexity index is 2900. The van der Waals surface area contributed by atoms with Crippen LogP contribution in [0.25, 0.3) is 33.4 Å². The Morgan fingerprint density at radius 3 is 0.935 bits per heavy atom. The molecule has 3 aliphatic heterocycles. The lowest BCUT2D eigenvalue weighted by atomic mass is 9.90. The zero-order valence-corrected chi connectivity index (χ0v) is 40.2. The van der Waals surface area contributed by atoms with E-state index in [1.54, 1.807) is 5.20 Å². The van der Waals surface area contributed by atoms with Gasteiger partial charge in [-0.2, -0.15) is 0 Å². The predicted molar refractivity (Wildman–Crippen MR) is 278 cm³/mol. The van der Waals surface area contributed by atoms with Gasteiger partial charge in [0.2, 0.25) is 0 Å². The van der Waals surface area contributed by atoms with Crippen molar-refractivity contribution in [2.24, 2.45) is 0 Å². The summed E-state index contributed by atoms with van der Waals surface area (Å²) in [5.41, 5.74) is 18.7. The lowest BCUT2D eigenvalue weighted by Gasteiger charge is -2.25. The van der Waals surface area contributed by atoms with Crippen molar-refractivity contribution in [3.8, 4) is 0 Å². The first-order valence-corrected chi connectivity index (χ1v) is 31.2. The van der Waals surface area contributed by atoms with E-state index in [2.05, 4.69) is 258 Å². The van der Waals surface area contributed by atoms with E-state index in [4.69, 9.17) is 0 Å². The number of benzene rings is 6. The first-order valence-electron chi connectivity index (χ1n) is 22.1. The summed E-state index contributed by atoms with van der Waals surface area (Å²) in [6.45, 7) is 17.7. The molecular formula is C59H56Si3. The van der Waals surface area contributed by atoms with Gasteiger partial charge in [-0.05, 0) is 94.5 Å². The molecule has 0 nitrogen and oxygen atoms in total. The monoisotopic (exact) mass is 848 g/mol. The second kappa shape index (κ2) is 16.6. The number of hydrogen-bond donors (Lipinski definition) is 0. The SMILES string of the molecule is CC1=C(c2ccccc2)C(c2ccccc2)=C(C=CC2=C(c3ccccc3)C(c3ccccc3)=C(C=CC3=C(c4ccccc4)C(c4ccccc4)=C[Si]3(C)C)[Si]2(C)C)[Si]1(C)C. The zero-order valence-electron chi connectivity index (χ0n) is 37.2. The Balaban J connectivity index is 1.27. The highest BCUT2D eigenvalue weighted by Crippen LogP contribution is 2.53. The number of allylic oxidation sites excluding steroid dienone is 15.